The lowest BCUT2D eigenvalue weighted by molar-refractivity contribution is -0.122. The average Bonchev–Trinajstić information content (AvgIpc) is 3.46. The van der Waals surface area contributed by atoms with Crippen LogP contribution in [0, 0.1) is 0 Å². The van der Waals surface area contributed by atoms with Gasteiger partial charge in [0.05, 0.1) is 17.6 Å². The summed E-state index contributed by atoms with van der Waals surface area (Å²) in [5.41, 5.74) is 2.68. The van der Waals surface area contributed by atoms with Crippen LogP contribution < -0.4 is 10.1 Å². The molecule has 1 N–H and O–H groups in total. The second-order valence-electron chi connectivity index (χ2n) is 6.73. The molecule has 0 fully saturated rings. The van der Waals surface area contributed by atoms with Gasteiger partial charge in [0.2, 0.25) is 0 Å². The molecule has 2 aromatic heterocycles. The molecule has 1 atom stereocenters. The zero-order valence-electron chi connectivity index (χ0n) is 16.4. The molecule has 4 rings (SSSR count). The molecule has 2 aromatic carbocycles. The van der Waals surface area contributed by atoms with Crippen molar-refractivity contribution in [2.45, 2.75) is 26.0 Å². The van der Waals surface area contributed by atoms with Gasteiger partial charge in [-0.1, -0.05) is 30.3 Å². The van der Waals surface area contributed by atoms with Crippen LogP contribution in [0.3, 0.4) is 0 Å². The van der Waals surface area contributed by atoms with Gasteiger partial charge in [0, 0.05) is 12.7 Å². The number of carbonyl (C=O) groups is 1. The van der Waals surface area contributed by atoms with Crippen molar-refractivity contribution >= 4 is 11.6 Å². The number of anilines is 1. The van der Waals surface area contributed by atoms with Gasteiger partial charge in [-0.2, -0.15) is 5.10 Å². The summed E-state index contributed by atoms with van der Waals surface area (Å²) in [5.74, 6) is 0.329. The van der Waals surface area contributed by atoms with Gasteiger partial charge >= 0.3 is 0 Å². The van der Waals surface area contributed by atoms with Gasteiger partial charge in [-0.25, -0.2) is 4.68 Å². The van der Waals surface area contributed by atoms with Crippen LogP contribution in [-0.2, 0) is 17.8 Å². The molecule has 0 aliphatic heterocycles. The summed E-state index contributed by atoms with van der Waals surface area (Å²) >= 11 is 0. The molecule has 30 heavy (non-hydrogen) atoms. The van der Waals surface area contributed by atoms with Gasteiger partial charge in [-0.15, -0.1) is 5.10 Å². The second-order valence-corrected chi connectivity index (χ2v) is 6.73. The Kier molecular flexibility index (Phi) is 5.79. The SMILES string of the molecule is CC(Oc1ccc(-n2cnnn2)cc1)C(=O)Nc1cnn(CCc2ccccc2)c1. The third kappa shape index (κ3) is 4.88. The first kappa shape index (κ1) is 19.3. The molecule has 0 aliphatic rings. The zero-order valence-corrected chi connectivity index (χ0v) is 16.4. The molecule has 0 aliphatic carbocycles. The van der Waals surface area contributed by atoms with E-state index in [1.807, 2.05) is 41.2 Å². The Morgan fingerprint density at radius 2 is 1.93 bits per heavy atom. The number of hydrogen-bond acceptors (Lipinski definition) is 6. The topological polar surface area (TPSA) is 99.8 Å². The maximum atomic E-state index is 12.5. The van der Waals surface area contributed by atoms with Crippen molar-refractivity contribution in [1.29, 1.82) is 0 Å². The lowest BCUT2D eigenvalue weighted by Gasteiger charge is -2.14. The van der Waals surface area contributed by atoms with E-state index in [1.165, 1.54) is 16.6 Å². The molecule has 0 saturated heterocycles. The third-order valence-corrected chi connectivity index (χ3v) is 4.51. The number of tetrazole rings is 1. The molecule has 0 radical (unpaired) electrons. The molecule has 0 bridgehead atoms. The third-order valence-electron chi connectivity index (χ3n) is 4.51. The molecular weight excluding hydrogens is 382 g/mol. The number of aromatic nitrogens is 6. The highest BCUT2D eigenvalue weighted by molar-refractivity contribution is 5.93. The molecule has 1 unspecified atom stereocenters. The fraction of sp³-hybridized carbons (Fsp3) is 0.190. The first-order chi connectivity index (χ1) is 14.7. The number of nitrogens with one attached hydrogen (secondary N) is 1. The molecular formula is C21H21N7O2. The quantitative estimate of drug-likeness (QED) is 0.485. The van der Waals surface area contributed by atoms with E-state index in [0.717, 1.165) is 18.7 Å². The van der Waals surface area contributed by atoms with Crippen LogP contribution in [-0.4, -0.2) is 42.0 Å². The van der Waals surface area contributed by atoms with Gasteiger partial charge in [-0.05, 0) is 53.6 Å². The fourth-order valence-corrected chi connectivity index (χ4v) is 2.90. The van der Waals surface area contributed by atoms with Crippen LogP contribution in [0.1, 0.15) is 12.5 Å². The van der Waals surface area contributed by atoms with E-state index in [4.69, 9.17) is 4.74 Å². The van der Waals surface area contributed by atoms with E-state index in [1.54, 1.807) is 25.3 Å². The van der Waals surface area contributed by atoms with Gasteiger partial charge in [-0.3, -0.25) is 9.48 Å². The molecule has 4 aromatic rings. The lowest BCUT2D eigenvalue weighted by atomic mass is 10.1. The van der Waals surface area contributed by atoms with Crippen molar-refractivity contribution in [3.8, 4) is 11.4 Å². The number of carbonyl (C=O) groups excluding carboxylic acids is 1. The second kappa shape index (κ2) is 8.99. The molecule has 2 heterocycles. The van der Waals surface area contributed by atoms with Crippen LogP contribution >= 0.6 is 0 Å². The highest BCUT2D eigenvalue weighted by atomic mass is 16.5. The summed E-state index contributed by atoms with van der Waals surface area (Å²) in [6.07, 6.45) is 5.16. The van der Waals surface area contributed by atoms with E-state index in [2.05, 4.69) is 38.1 Å². The Hall–Kier alpha value is -4.01. The first-order valence-corrected chi connectivity index (χ1v) is 9.55. The van der Waals surface area contributed by atoms with E-state index in [9.17, 15) is 4.79 Å². The number of benzene rings is 2. The van der Waals surface area contributed by atoms with Crippen LogP contribution in [0.4, 0.5) is 5.69 Å². The highest BCUT2D eigenvalue weighted by Crippen LogP contribution is 2.16. The summed E-state index contributed by atoms with van der Waals surface area (Å²) < 4.78 is 9.08. The zero-order chi connectivity index (χ0) is 20.8. The summed E-state index contributed by atoms with van der Waals surface area (Å²) in [6.45, 7) is 2.43. The van der Waals surface area contributed by atoms with E-state index >= 15 is 0 Å². The number of amides is 1. The van der Waals surface area contributed by atoms with Gasteiger partial charge in [0.25, 0.3) is 5.91 Å². The molecule has 152 valence electrons. The van der Waals surface area contributed by atoms with Crippen molar-refractivity contribution in [2.24, 2.45) is 0 Å². The highest BCUT2D eigenvalue weighted by Gasteiger charge is 2.16. The Bertz CT molecular complexity index is 1080. The maximum absolute atomic E-state index is 12.5. The summed E-state index contributed by atoms with van der Waals surface area (Å²) in [6, 6.07) is 17.4. The van der Waals surface area contributed by atoms with Crippen molar-refractivity contribution < 1.29 is 9.53 Å². The summed E-state index contributed by atoms with van der Waals surface area (Å²) in [4.78, 5) is 12.5. The number of hydrogen-bond donors (Lipinski definition) is 1. The number of aryl methyl sites for hydroxylation is 2. The van der Waals surface area contributed by atoms with E-state index < -0.39 is 6.10 Å². The van der Waals surface area contributed by atoms with E-state index in [0.29, 0.717) is 11.4 Å². The van der Waals surface area contributed by atoms with Crippen molar-refractivity contribution in [1.82, 2.24) is 30.0 Å². The van der Waals surface area contributed by atoms with Crippen molar-refractivity contribution in [3.63, 3.8) is 0 Å². The minimum absolute atomic E-state index is 0.248. The Morgan fingerprint density at radius 3 is 2.67 bits per heavy atom. The predicted octanol–water partition coefficient (Wildman–Crippen LogP) is 2.51. The Morgan fingerprint density at radius 1 is 1.13 bits per heavy atom. The van der Waals surface area contributed by atoms with Crippen LogP contribution in [0.2, 0.25) is 0 Å². The van der Waals surface area contributed by atoms with Crippen LogP contribution in [0.15, 0.2) is 73.3 Å². The van der Waals surface area contributed by atoms with Gasteiger partial charge < -0.3 is 10.1 Å². The fourth-order valence-electron chi connectivity index (χ4n) is 2.90. The molecule has 9 nitrogen and oxygen atoms in total. The van der Waals surface area contributed by atoms with Crippen molar-refractivity contribution in [3.05, 3.63) is 78.9 Å². The minimum Gasteiger partial charge on any atom is -0.481 e. The number of nitrogens with zero attached hydrogens (tertiary/aromatic N) is 6. The Balaban J connectivity index is 1.29. The smallest absolute Gasteiger partial charge is 0.265 e. The number of ether oxygens (including phenoxy) is 1. The number of rotatable bonds is 8. The largest absolute Gasteiger partial charge is 0.481 e. The predicted molar refractivity (Wildman–Crippen MR) is 110 cm³/mol. The molecule has 9 heteroatoms. The normalized spacial score (nSPS) is 11.8. The average molecular weight is 403 g/mol. The van der Waals surface area contributed by atoms with E-state index in [-0.39, 0.29) is 5.91 Å². The first-order valence-electron chi connectivity index (χ1n) is 9.55. The molecule has 0 saturated carbocycles. The molecule has 0 spiro atoms. The standard InChI is InChI=1S/C21H21N7O2/c1-16(30-20-9-7-19(8-10-20)28-15-22-25-26-28)21(29)24-18-13-23-27(14-18)12-11-17-5-3-2-4-6-17/h2-10,13-16H,11-12H2,1H3,(H,24,29). The summed E-state index contributed by atoms with van der Waals surface area (Å²) in [5, 5.41) is 18.2. The minimum atomic E-state index is -0.670. The van der Waals surface area contributed by atoms with Gasteiger partial charge in [0.1, 0.15) is 12.1 Å². The van der Waals surface area contributed by atoms with Gasteiger partial charge in [0.15, 0.2) is 6.10 Å². The van der Waals surface area contributed by atoms with Crippen molar-refractivity contribution in [2.75, 3.05) is 5.32 Å². The molecule has 1 amide bonds. The monoisotopic (exact) mass is 403 g/mol. The van der Waals surface area contributed by atoms with Crippen LogP contribution in [0.25, 0.3) is 5.69 Å². The Labute approximate surface area is 173 Å². The lowest BCUT2D eigenvalue weighted by Crippen LogP contribution is -2.30. The maximum Gasteiger partial charge on any atom is 0.265 e. The van der Waals surface area contributed by atoms with Crippen LogP contribution in [0.5, 0.6) is 5.75 Å². The summed E-state index contributed by atoms with van der Waals surface area (Å²) in [7, 11) is 0.